The molecule has 0 amide bonds. The summed E-state index contributed by atoms with van der Waals surface area (Å²) in [6.45, 7) is 2.46. The normalized spacial score (nSPS) is 22.6. The van der Waals surface area contributed by atoms with Crippen molar-refractivity contribution in [2.75, 3.05) is 28.4 Å². The van der Waals surface area contributed by atoms with E-state index in [2.05, 4.69) is 31.2 Å². The van der Waals surface area contributed by atoms with Gasteiger partial charge in [0.25, 0.3) is 0 Å². The van der Waals surface area contributed by atoms with Crippen molar-refractivity contribution in [1.29, 1.82) is 0 Å². The third-order valence-electron chi connectivity index (χ3n) is 7.41. The smallest absolute Gasteiger partial charge is 0.161 e. The van der Waals surface area contributed by atoms with Crippen molar-refractivity contribution in [2.45, 2.75) is 38.0 Å². The first kappa shape index (κ1) is 18.4. The van der Waals surface area contributed by atoms with Gasteiger partial charge in [-0.1, -0.05) is 13.3 Å². The third-order valence-corrected chi connectivity index (χ3v) is 7.41. The minimum absolute atomic E-state index is 0.217. The standard InChI is InChI=1S/C25H28O4/c1-25-8-6-7-14(25)9-18-16-11-21(27-3)20(26-2)10-15(16)17-12-22(28-4)23(29-5)13-19(17)24(18)25/h10-14H,6-9H2,1-5H3/t14-,25-/m0/s1. The molecule has 2 aliphatic carbocycles. The van der Waals surface area contributed by atoms with E-state index in [1.807, 2.05) is 0 Å². The van der Waals surface area contributed by atoms with Crippen LogP contribution in [0.25, 0.3) is 21.5 Å². The van der Waals surface area contributed by atoms with E-state index in [1.54, 1.807) is 28.4 Å². The molecule has 0 aromatic heterocycles. The predicted molar refractivity (Wildman–Crippen MR) is 116 cm³/mol. The van der Waals surface area contributed by atoms with Crippen molar-refractivity contribution in [2.24, 2.45) is 5.92 Å². The Labute approximate surface area is 171 Å². The lowest BCUT2D eigenvalue weighted by atomic mass is 9.76. The molecule has 2 atom stereocenters. The van der Waals surface area contributed by atoms with Gasteiger partial charge in [0.1, 0.15) is 0 Å². The van der Waals surface area contributed by atoms with Crippen LogP contribution in [0.5, 0.6) is 23.0 Å². The fourth-order valence-electron chi connectivity index (χ4n) is 5.96. The highest BCUT2D eigenvalue weighted by Crippen LogP contribution is 2.58. The summed E-state index contributed by atoms with van der Waals surface area (Å²) >= 11 is 0. The Morgan fingerprint density at radius 2 is 1.21 bits per heavy atom. The molecular formula is C25H28O4. The van der Waals surface area contributed by atoms with Crippen molar-refractivity contribution < 1.29 is 18.9 Å². The summed E-state index contributed by atoms with van der Waals surface area (Å²) in [5.74, 6) is 3.77. The van der Waals surface area contributed by atoms with Crippen molar-refractivity contribution in [3.8, 4) is 23.0 Å². The number of hydrogen-bond donors (Lipinski definition) is 0. The molecule has 0 unspecified atom stereocenters. The maximum atomic E-state index is 5.67. The van der Waals surface area contributed by atoms with Crippen LogP contribution in [0.1, 0.15) is 37.3 Å². The summed E-state index contributed by atoms with van der Waals surface area (Å²) in [5.41, 5.74) is 3.18. The van der Waals surface area contributed by atoms with Gasteiger partial charge in [-0.15, -0.1) is 0 Å². The molecule has 0 aliphatic heterocycles. The van der Waals surface area contributed by atoms with Gasteiger partial charge in [-0.05, 0) is 87.5 Å². The summed E-state index contributed by atoms with van der Waals surface area (Å²) in [6, 6.07) is 8.57. The van der Waals surface area contributed by atoms with Crippen LogP contribution >= 0.6 is 0 Å². The van der Waals surface area contributed by atoms with E-state index >= 15 is 0 Å². The molecule has 5 rings (SSSR count). The van der Waals surface area contributed by atoms with Gasteiger partial charge in [-0.3, -0.25) is 0 Å². The highest BCUT2D eigenvalue weighted by atomic mass is 16.5. The average molecular weight is 392 g/mol. The second kappa shape index (κ2) is 6.45. The molecule has 1 fully saturated rings. The van der Waals surface area contributed by atoms with Crippen molar-refractivity contribution in [3.63, 3.8) is 0 Å². The molecule has 0 spiro atoms. The largest absolute Gasteiger partial charge is 0.493 e. The number of methoxy groups -OCH3 is 4. The zero-order valence-electron chi connectivity index (χ0n) is 17.8. The van der Waals surface area contributed by atoms with Crippen molar-refractivity contribution in [3.05, 3.63) is 35.4 Å². The lowest BCUT2D eigenvalue weighted by molar-refractivity contribution is 0.355. The predicted octanol–water partition coefficient (Wildman–Crippen LogP) is 5.64. The number of fused-ring (bicyclic) bond motifs is 8. The van der Waals surface area contributed by atoms with Crippen LogP contribution in [-0.4, -0.2) is 28.4 Å². The van der Waals surface area contributed by atoms with Crippen LogP contribution in [0.4, 0.5) is 0 Å². The Bertz CT molecular complexity index is 1130. The maximum Gasteiger partial charge on any atom is 0.161 e. The van der Waals surface area contributed by atoms with Gasteiger partial charge in [-0.2, -0.15) is 0 Å². The van der Waals surface area contributed by atoms with Gasteiger partial charge in [0.05, 0.1) is 28.4 Å². The summed E-state index contributed by atoms with van der Waals surface area (Å²) < 4.78 is 22.6. The Kier molecular flexibility index (Phi) is 4.09. The van der Waals surface area contributed by atoms with Crippen LogP contribution in [0.3, 0.4) is 0 Å². The van der Waals surface area contributed by atoms with E-state index in [0.717, 1.165) is 29.4 Å². The zero-order chi connectivity index (χ0) is 20.3. The molecule has 29 heavy (non-hydrogen) atoms. The highest BCUT2D eigenvalue weighted by molar-refractivity contribution is 6.13. The first-order chi connectivity index (χ1) is 14.0. The monoisotopic (exact) mass is 392 g/mol. The number of benzene rings is 3. The molecular weight excluding hydrogens is 364 g/mol. The van der Waals surface area contributed by atoms with E-state index in [1.165, 1.54) is 51.9 Å². The SMILES string of the molecule is COc1cc2c3c(c4cc(OC)c(OC)cc4c2cc1OC)[C@@]1(C)CCC[C@H]1C3. The second-order valence-corrected chi connectivity index (χ2v) is 8.57. The Balaban J connectivity index is 1.98. The summed E-state index contributed by atoms with van der Waals surface area (Å²) in [5, 5.41) is 4.92. The van der Waals surface area contributed by atoms with Gasteiger partial charge in [-0.25, -0.2) is 0 Å². The lowest BCUT2D eigenvalue weighted by Gasteiger charge is -2.28. The first-order valence-corrected chi connectivity index (χ1v) is 10.3. The van der Waals surface area contributed by atoms with Crippen LogP contribution in [0.15, 0.2) is 24.3 Å². The van der Waals surface area contributed by atoms with Crippen molar-refractivity contribution in [1.82, 2.24) is 0 Å². The zero-order valence-corrected chi connectivity index (χ0v) is 17.8. The first-order valence-electron chi connectivity index (χ1n) is 10.3. The van der Waals surface area contributed by atoms with Gasteiger partial charge in [0.2, 0.25) is 0 Å². The molecule has 3 aromatic rings. The number of ether oxygens (including phenoxy) is 4. The molecule has 1 saturated carbocycles. The molecule has 4 nitrogen and oxygen atoms in total. The van der Waals surface area contributed by atoms with E-state index in [9.17, 15) is 0 Å². The average Bonchev–Trinajstić information content (AvgIpc) is 3.25. The molecule has 2 aliphatic rings. The third kappa shape index (κ3) is 2.38. The minimum atomic E-state index is 0.217. The van der Waals surface area contributed by atoms with Crippen LogP contribution < -0.4 is 18.9 Å². The molecule has 3 aromatic carbocycles. The lowest BCUT2D eigenvalue weighted by Crippen LogP contribution is -2.22. The molecule has 4 heteroatoms. The van der Waals surface area contributed by atoms with E-state index in [4.69, 9.17) is 18.9 Å². The Morgan fingerprint density at radius 1 is 0.724 bits per heavy atom. The van der Waals surface area contributed by atoms with Crippen LogP contribution in [0, 0.1) is 5.92 Å². The maximum absolute atomic E-state index is 5.67. The van der Waals surface area contributed by atoms with Gasteiger partial charge < -0.3 is 18.9 Å². The number of rotatable bonds is 4. The summed E-state index contributed by atoms with van der Waals surface area (Å²) in [7, 11) is 6.79. The van der Waals surface area contributed by atoms with Gasteiger partial charge in [0, 0.05) is 0 Å². The summed E-state index contributed by atoms with van der Waals surface area (Å²) in [6.07, 6.45) is 4.98. The van der Waals surface area contributed by atoms with E-state index in [0.29, 0.717) is 5.92 Å². The summed E-state index contributed by atoms with van der Waals surface area (Å²) in [4.78, 5) is 0. The molecule has 152 valence electrons. The van der Waals surface area contributed by atoms with Gasteiger partial charge >= 0.3 is 0 Å². The van der Waals surface area contributed by atoms with Gasteiger partial charge in [0.15, 0.2) is 23.0 Å². The topological polar surface area (TPSA) is 36.9 Å². The Hall–Kier alpha value is -2.62. The molecule has 0 N–H and O–H groups in total. The highest BCUT2D eigenvalue weighted by Gasteiger charge is 2.47. The molecule has 0 bridgehead atoms. The number of hydrogen-bond acceptors (Lipinski definition) is 4. The second-order valence-electron chi connectivity index (χ2n) is 8.57. The Morgan fingerprint density at radius 3 is 1.76 bits per heavy atom. The molecule has 0 radical (unpaired) electrons. The van der Waals surface area contributed by atoms with Crippen molar-refractivity contribution >= 4 is 21.5 Å². The van der Waals surface area contributed by atoms with E-state index in [-0.39, 0.29) is 5.41 Å². The van der Waals surface area contributed by atoms with Crippen LogP contribution in [0.2, 0.25) is 0 Å². The fraction of sp³-hybridized carbons (Fsp3) is 0.440. The molecule has 0 saturated heterocycles. The van der Waals surface area contributed by atoms with Crippen LogP contribution in [-0.2, 0) is 11.8 Å². The quantitative estimate of drug-likeness (QED) is 0.538. The fourth-order valence-corrected chi connectivity index (χ4v) is 5.96. The van der Waals surface area contributed by atoms with E-state index < -0.39 is 0 Å². The molecule has 0 heterocycles. The minimum Gasteiger partial charge on any atom is -0.493 e.